The summed E-state index contributed by atoms with van der Waals surface area (Å²) in [6.45, 7) is 13.3. The fourth-order valence-corrected chi connectivity index (χ4v) is 4.03. The Morgan fingerprint density at radius 1 is 1.09 bits per heavy atom. The second kappa shape index (κ2) is 9.27. The van der Waals surface area contributed by atoms with Crippen LogP contribution in [0.1, 0.15) is 37.9 Å². The Morgan fingerprint density at radius 3 is 2.47 bits per heavy atom. The van der Waals surface area contributed by atoms with E-state index in [1.54, 1.807) is 6.20 Å². The molecule has 0 saturated carbocycles. The highest BCUT2D eigenvalue weighted by atomic mass is 16.5. The standard InChI is InChI=1S/C25H32N6O/c1-25(2,3)18-31-21(13-20-15-27-23(14-26)28-24(20)31)17-32-22-7-5-19(6-8-22)16-30-11-9-29(4)10-12-30/h5-8,13,15H,9-12,16-18H2,1-4H3. The summed E-state index contributed by atoms with van der Waals surface area (Å²) in [7, 11) is 2.18. The van der Waals surface area contributed by atoms with Crippen molar-refractivity contribution in [1.29, 1.82) is 5.26 Å². The van der Waals surface area contributed by atoms with Crippen molar-refractivity contribution < 1.29 is 4.74 Å². The van der Waals surface area contributed by atoms with Crippen molar-refractivity contribution in [2.45, 2.75) is 40.5 Å². The highest BCUT2D eigenvalue weighted by Crippen LogP contribution is 2.25. The number of aromatic nitrogens is 3. The number of rotatable bonds is 6. The van der Waals surface area contributed by atoms with Gasteiger partial charge in [0.2, 0.25) is 5.82 Å². The molecule has 7 nitrogen and oxygen atoms in total. The minimum Gasteiger partial charge on any atom is -0.487 e. The van der Waals surface area contributed by atoms with Gasteiger partial charge in [-0.05, 0) is 36.2 Å². The molecule has 1 aliphatic heterocycles. The van der Waals surface area contributed by atoms with Crippen LogP contribution in [0.25, 0.3) is 11.0 Å². The molecule has 3 heterocycles. The van der Waals surface area contributed by atoms with E-state index < -0.39 is 0 Å². The van der Waals surface area contributed by atoms with Crippen LogP contribution in [0.2, 0.25) is 0 Å². The van der Waals surface area contributed by atoms with E-state index in [4.69, 9.17) is 4.74 Å². The van der Waals surface area contributed by atoms with E-state index in [9.17, 15) is 5.26 Å². The smallest absolute Gasteiger partial charge is 0.234 e. The molecule has 0 unspecified atom stereocenters. The van der Waals surface area contributed by atoms with Crippen molar-refractivity contribution in [2.24, 2.45) is 5.41 Å². The first-order valence-electron chi connectivity index (χ1n) is 11.2. The zero-order valence-electron chi connectivity index (χ0n) is 19.5. The van der Waals surface area contributed by atoms with Gasteiger partial charge < -0.3 is 14.2 Å². The minimum atomic E-state index is 0.0589. The van der Waals surface area contributed by atoms with Gasteiger partial charge in [0.1, 0.15) is 24.1 Å². The van der Waals surface area contributed by atoms with Gasteiger partial charge in [-0.1, -0.05) is 32.9 Å². The molecule has 3 aromatic rings. The summed E-state index contributed by atoms with van der Waals surface area (Å²) in [5.41, 5.74) is 3.18. The van der Waals surface area contributed by atoms with Gasteiger partial charge in [0, 0.05) is 50.9 Å². The second-order valence-electron chi connectivity index (χ2n) is 9.88. The monoisotopic (exact) mass is 432 g/mol. The van der Waals surface area contributed by atoms with Gasteiger partial charge in [0.15, 0.2) is 0 Å². The molecule has 1 aliphatic rings. The van der Waals surface area contributed by atoms with E-state index in [0.29, 0.717) is 6.61 Å². The molecule has 0 amide bonds. The van der Waals surface area contributed by atoms with Crippen molar-refractivity contribution in [3.8, 4) is 11.8 Å². The third-order valence-electron chi connectivity index (χ3n) is 5.77. The molecule has 4 rings (SSSR count). The van der Waals surface area contributed by atoms with Crippen LogP contribution in [0.5, 0.6) is 5.75 Å². The molecule has 0 spiro atoms. The third kappa shape index (κ3) is 5.45. The predicted molar refractivity (Wildman–Crippen MR) is 125 cm³/mol. The van der Waals surface area contributed by atoms with Crippen molar-refractivity contribution in [3.63, 3.8) is 0 Å². The first-order valence-corrected chi connectivity index (χ1v) is 11.2. The van der Waals surface area contributed by atoms with E-state index in [2.05, 4.69) is 82.5 Å². The maximum absolute atomic E-state index is 9.20. The van der Waals surface area contributed by atoms with Crippen LogP contribution in [0.15, 0.2) is 36.5 Å². The van der Waals surface area contributed by atoms with Gasteiger partial charge >= 0.3 is 0 Å². The molecule has 0 bridgehead atoms. The van der Waals surface area contributed by atoms with Gasteiger partial charge in [-0.3, -0.25) is 4.90 Å². The van der Waals surface area contributed by atoms with Gasteiger partial charge in [-0.25, -0.2) is 9.97 Å². The highest BCUT2D eigenvalue weighted by Gasteiger charge is 2.19. The fourth-order valence-electron chi connectivity index (χ4n) is 4.03. The molecular formula is C25H32N6O. The molecule has 0 aliphatic carbocycles. The first kappa shape index (κ1) is 22.3. The summed E-state index contributed by atoms with van der Waals surface area (Å²) < 4.78 is 8.29. The summed E-state index contributed by atoms with van der Waals surface area (Å²) >= 11 is 0. The van der Waals surface area contributed by atoms with Gasteiger partial charge in [0.05, 0.1) is 5.69 Å². The Kier molecular flexibility index (Phi) is 6.45. The molecule has 168 valence electrons. The lowest BCUT2D eigenvalue weighted by atomic mass is 9.97. The third-order valence-corrected chi connectivity index (χ3v) is 5.77. The number of benzene rings is 1. The molecular weight excluding hydrogens is 400 g/mol. The molecule has 1 fully saturated rings. The van der Waals surface area contributed by atoms with Gasteiger partial charge in [0.25, 0.3) is 0 Å². The number of piperazine rings is 1. The Morgan fingerprint density at radius 2 is 1.81 bits per heavy atom. The van der Waals surface area contributed by atoms with Crippen molar-refractivity contribution in [3.05, 3.63) is 53.6 Å². The minimum absolute atomic E-state index is 0.0589. The molecule has 0 N–H and O–H groups in total. The van der Waals surface area contributed by atoms with Crippen LogP contribution < -0.4 is 4.74 Å². The highest BCUT2D eigenvalue weighted by molar-refractivity contribution is 5.77. The Labute approximate surface area is 190 Å². The predicted octanol–water partition coefficient (Wildman–Crippen LogP) is 3.68. The fraction of sp³-hybridized carbons (Fsp3) is 0.480. The van der Waals surface area contributed by atoms with Crippen LogP contribution in [0, 0.1) is 16.7 Å². The number of fused-ring (bicyclic) bond motifs is 1. The van der Waals surface area contributed by atoms with Crippen molar-refractivity contribution in [2.75, 3.05) is 33.2 Å². The van der Waals surface area contributed by atoms with Crippen LogP contribution in [-0.2, 0) is 19.7 Å². The Balaban J connectivity index is 1.46. The molecule has 0 atom stereocenters. The SMILES string of the molecule is CN1CCN(Cc2ccc(OCc3cc4cnc(C#N)nc4n3CC(C)(C)C)cc2)CC1. The molecule has 2 aromatic heterocycles. The van der Waals surface area contributed by atoms with E-state index in [1.165, 1.54) is 5.56 Å². The van der Waals surface area contributed by atoms with Crippen LogP contribution >= 0.6 is 0 Å². The number of nitriles is 1. The molecule has 1 aromatic carbocycles. The summed E-state index contributed by atoms with van der Waals surface area (Å²) in [5, 5.41) is 10.1. The lowest BCUT2D eigenvalue weighted by molar-refractivity contribution is 0.148. The summed E-state index contributed by atoms with van der Waals surface area (Å²) in [4.78, 5) is 13.4. The number of nitrogens with zero attached hydrogens (tertiary/aromatic N) is 6. The Bertz CT molecular complexity index is 1100. The van der Waals surface area contributed by atoms with Crippen LogP contribution in [-0.4, -0.2) is 57.6 Å². The summed E-state index contributed by atoms with van der Waals surface area (Å²) in [5.74, 6) is 1.04. The lowest BCUT2D eigenvalue weighted by Crippen LogP contribution is -2.43. The normalized spacial score (nSPS) is 15.7. The molecule has 32 heavy (non-hydrogen) atoms. The zero-order valence-corrected chi connectivity index (χ0v) is 19.5. The van der Waals surface area contributed by atoms with Crippen LogP contribution in [0.3, 0.4) is 0 Å². The van der Waals surface area contributed by atoms with Crippen molar-refractivity contribution in [1.82, 2.24) is 24.3 Å². The summed E-state index contributed by atoms with van der Waals surface area (Å²) in [6.07, 6.45) is 1.72. The molecule has 7 heteroatoms. The number of ether oxygens (including phenoxy) is 1. The van der Waals surface area contributed by atoms with Crippen LogP contribution in [0.4, 0.5) is 0 Å². The number of hydrogen-bond acceptors (Lipinski definition) is 6. The van der Waals surface area contributed by atoms with E-state index in [0.717, 1.165) is 61.7 Å². The Hall–Kier alpha value is -2.95. The maximum atomic E-state index is 9.20. The lowest BCUT2D eigenvalue weighted by Gasteiger charge is -2.32. The van der Waals surface area contributed by atoms with Crippen molar-refractivity contribution >= 4 is 11.0 Å². The maximum Gasteiger partial charge on any atom is 0.234 e. The summed E-state index contributed by atoms with van der Waals surface area (Å²) in [6, 6.07) is 12.5. The second-order valence-corrected chi connectivity index (χ2v) is 9.88. The van der Waals surface area contributed by atoms with E-state index in [-0.39, 0.29) is 11.2 Å². The van der Waals surface area contributed by atoms with E-state index in [1.807, 2.05) is 6.07 Å². The topological polar surface area (TPSA) is 70.2 Å². The number of likely N-dealkylation sites (N-methyl/N-ethyl adjacent to an activating group) is 1. The zero-order chi connectivity index (χ0) is 22.7. The average Bonchev–Trinajstić information content (AvgIpc) is 3.10. The van der Waals surface area contributed by atoms with Gasteiger partial charge in [-0.2, -0.15) is 5.26 Å². The molecule has 1 saturated heterocycles. The molecule has 0 radical (unpaired) electrons. The quantitative estimate of drug-likeness (QED) is 0.592. The van der Waals surface area contributed by atoms with E-state index >= 15 is 0 Å². The van der Waals surface area contributed by atoms with Gasteiger partial charge in [-0.15, -0.1) is 0 Å². The largest absolute Gasteiger partial charge is 0.487 e. The number of hydrogen-bond donors (Lipinski definition) is 0. The first-order chi connectivity index (χ1) is 15.3. The average molecular weight is 433 g/mol.